The monoisotopic (exact) mass is 276 g/mol. The van der Waals surface area contributed by atoms with Crippen LogP contribution in [0.1, 0.15) is 25.8 Å². The Hall–Kier alpha value is -0.650. The molecule has 1 aromatic heterocycles. The number of nitrogens with zero attached hydrogens (tertiary/aromatic N) is 2. The zero-order valence-corrected chi connectivity index (χ0v) is 11.8. The van der Waals surface area contributed by atoms with Crippen molar-refractivity contribution in [3.8, 4) is 0 Å². The molecule has 0 fully saturated rings. The van der Waals surface area contributed by atoms with Crippen molar-refractivity contribution in [3.63, 3.8) is 0 Å². The molecule has 6 heteroatoms. The fraction of sp³-hybridized carbons (Fsp3) is 0.545. The molecule has 0 aliphatic rings. The van der Waals surface area contributed by atoms with E-state index in [1.165, 1.54) is 16.6 Å². The van der Waals surface area contributed by atoms with Gasteiger partial charge in [-0.05, 0) is 25.0 Å². The van der Waals surface area contributed by atoms with Crippen LogP contribution < -0.4 is 0 Å². The topological polar surface area (TPSA) is 50.3 Å². The van der Waals surface area contributed by atoms with Crippen LogP contribution in [0.25, 0.3) is 0 Å². The lowest BCUT2D eigenvalue weighted by atomic mass is 10.3. The van der Waals surface area contributed by atoms with Gasteiger partial charge in [-0.1, -0.05) is 13.0 Å². The molecule has 0 saturated carbocycles. The Morgan fingerprint density at radius 3 is 2.53 bits per heavy atom. The highest BCUT2D eigenvalue weighted by atomic mass is 35.5. The number of halogens is 1. The molecule has 0 aliphatic heterocycles. The summed E-state index contributed by atoms with van der Waals surface area (Å²) in [5.41, 5.74) is 0.803. The second-order valence-corrected chi connectivity index (χ2v) is 6.13. The minimum Gasteiger partial charge on any atom is -0.243 e. The molecule has 1 rings (SSSR count). The second-order valence-electron chi connectivity index (χ2n) is 3.92. The van der Waals surface area contributed by atoms with Gasteiger partial charge in [0.25, 0.3) is 10.0 Å². The van der Waals surface area contributed by atoms with Gasteiger partial charge in [-0.25, -0.2) is 13.4 Å². The molecule has 1 heterocycles. The first-order chi connectivity index (χ1) is 7.93. The van der Waals surface area contributed by atoms with Gasteiger partial charge in [0, 0.05) is 25.2 Å². The molecule has 0 aliphatic carbocycles. The van der Waals surface area contributed by atoms with E-state index in [1.54, 1.807) is 13.1 Å². The molecule has 0 aromatic carbocycles. The molecular formula is C11H17ClN2O2S. The van der Waals surface area contributed by atoms with Crippen LogP contribution in [0, 0.1) is 0 Å². The number of hydrogen-bond acceptors (Lipinski definition) is 3. The number of sulfonamides is 1. The van der Waals surface area contributed by atoms with Crippen molar-refractivity contribution in [2.24, 2.45) is 0 Å². The van der Waals surface area contributed by atoms with Gasteiger partial charge in [0.2, 0.25) is 0 Å². The molecule has 0 bridgehead atoms. The Bertz CT molecular complexity index is 459. The average molecular weight is 277 g/mol. The molecule has 0 saturated heterocycles. The number of rotatable bonds is 5. The highest BCUT2D eigenvalue weighted by Gasteiger charge is 2.25. The summed E-state index contributed by atoms with van der Waals surface area (Å²) in [6.45, 7) is 3.81. The van der Waals surface area contributed by atoms with E-state index in [2.05, 4.69) is 4.98 Å². The first-order valence-corrected chi connectivity index (χ1v) is 7.39. The lowest BCUT2D eigenvalue weighted by Crippen LogP contribution is -2.35. The van der Waals surface area contributed by atoms with Crippen LogP contribution in [0.5, 0.6) is 0 Å². The summed E-state index contributed by atoms with van der Waals surface area (Å²) >= 11 is 5.63. The standard InChI is InChI=1S/C11H17ClN2O2S/c1-4-9(2)14(3)17(15,16)11-6-5-10(7-12)8-13-11/h5-6,8-9H,4,7H2,1-3H3. The Morgan fingerprint density at radius 1 is 1.47 bits per heavy atom. The number of pyridine rings is 1. The van der Waals surface area contributed by atoms with Gasteiger partial charge in [0.15, 0.2) is 5.03 Å². The molecule has 4 nitrogen and oxygen atoms in total. The first-order valence-electron chi connectivity index (χ1n) is 5.42. The third-order valence-corrected chi connectivity index (χ3v) is 5.00. The van der Waals surface area contributed by atoms with E-state index in [1.807, 2.05) is 13.8 Å². The van der Waals surface area contributed by atoms with Crippen LogP contribution in [0.3, 0.4) is 0 Å². The average Bonchev–Trinajstić information content (AvgIpc) is 2.36. The minimum absolute atomic E-state index is 0.0468. The van der Waals surface area contributed by atoms with Gasteiger partial charge < -0.3 is 0 Å². The summed E-state index contributed by atoms with van der Waals surface area (Å²) in [6.07, 6.45) is 2.25. The fourth-order valence-electron chi connectivity index (χ4n) is 1.28. The zero-order chi connectivity index (χ0) is 13.1. The Balaban J connectivity index is 3.04. The maximum absolute atomic E-state index is 12.2. The van der Waals surface area contributed by atoms with Crippen LogP contribution in [-0.2, 0) is 15.9 Å². The normalized spacial score (nSPS) is 13.9. The van der Waals surface area contributed by atoms with E-state index in [0.717, 1.165) is 12.0 Å². The van der Waals surface area contributed by atoms with E-state index in [-0.39, 0.29) is 11.1 Å². The number of alkyl halides is 1. The summed E-state index contributed by atoms with van der Waals surface area (Å²) in [7, 11) is -1.93. The highest BCUT2D eigenvalue weighted by Crippen LogP contribution is 2.16. The molecule has 1 atom stereocenters. The lowest BCUT2D eigenvalue weighted by molar-refractivity contribution is 0.379. The predicted octanol–water partition coefficient (Wildman–Crippen LogP) is 2.24. The lowest BCUT2D eigenvalue weighted by Gasteiger charge is -2.22. The van der Waals surface area contributed by atoms with Crippen molar-refractivity contribution in [2.45, 2.75) is 37.2 Å². The van der Waals surface area contributed by atoms with E-state index in [9.17, 15) is 8.42 Å². The largest absolute Gasteiger partial charge is 0.260 e. The predicted molar refractivity (Wildman–Crippen MR) is 68.5 cm³/mol. The zero-order valence-electron chi connectivity index (χ0n) is 10.2. The summed E-state index contributed by atoms with van der Waals surface area (Å²) in [4.78, 5) is 3.94. The van der Waals surface area contributed by atoms with Crippen molar-refractivity contribution in [3.05, 3.63) is 23.9 Å². The second kappa shape index (κ2) is 5.80. The maximum Gasteiger partial charge on any atom is 0.260 e. The Labute approximate surface area is 108 Å². The smallest absolute Gasteiger partial charge is 0.243 e. The van der Waals surface area contributed by atoms with Crippen molar-refractivity contribution >= 4 is 21.6 Å². The number of hydrogen-bond donors (Lipinski definition) is 0. The molecule has 0 radical (unpaired) electrons. The van der Waals surface area contributed by atoms with Gasteiger partial charge in [0.1, 0.15) is 0 Å². The van der Waals surface area contributed by atoms with Gasteiger partial charge in [-0.15, -0.1) is 11.6 Å². The van der Waals surface area contributed by atoms with Crippen LogP contribution in [0.2, 0.25) is 0 Å². The van der Waals surface area contributed by atoms with Crippen molar-refractivity contribution in [2.75, 3.05) is 7.05 Å². The third-order valence-electron chi connectivity index (χ3n) is 2.81. The summed E-state index contributed by atoms with van der Waals surface area (Å²) in [5.74, 6) is 0.328. The van der Waals surface area contributed by atoms with Crippen LogP contribution in [0.15, 0.2) is 23.4 Å². The summed E-state index contributed by atoms with van der Waals surface area (Å²) in [5, 5.41) is 0.0640. The van der Waals surface area contributed by atoms with Gasteiger partial charge in [0.05, 0.1) is 0 Å². The SMILES string of the molecule is CCC(C)N(C)S(=O)(=O)c1ccc(CCl)cn1. The molecule has 1 aromatic rings. The molecule has 0 amide bonds. The van der Waals surface area contributed by atoms with Crippen LogP contribution >= 0.6 is 11.6 Å². The molecule has 0 spiro atoms. The van der Waals surface area contributed by atoms with Crippen molar-refractivity contribution in [1.29, 1.82) is 0 Å². The number of aromatic nitrogens is 1. The highest BCUT2D eigenvalue weighted by molar-refractivity contribution is 7.89. The molecular weight excluding hydrogens is 260 g/mol. The van der Waals surface area contributed by atoms with Gasteiger partial charge in [-0.2, -0.15) is 4.31 Å². The molecule has 0 N–H and O–H groups in total. The molecule has 96 valence electrons. The third kappa shape index (κ3) is 3.18. The van der Waals surface area contributed by atoms with Gasteiger partial charge >= 0.3 is 0 Å². The van der Waals surface area contributed by atoms with Crippen molar-refractivity contribution in [1.82, 2.24) is 9.29 Å². The van der Waals surface area contributed by atoms with Crippen LogP contribution in [-0.4, -0.2) is 30.8 Å². The molecule has 1 unspecified atom stereocenters. The van der Waals surface area contributed by atoms with Gasteiger partial charge in [-0.3, -0.25) is 0 Å². The molecule has 17 heavy (non-hydrogen) atoms. The van der Waals surface area contributed by atoms with E-state index < -0.39 is 10.0 Å². The summed E-state index contributed by atoms with van der Waals surface area (Å²) in [6, 6.07) is 3.12. The Morgan fingerprint density at radius 2 is 2.12 bits per heavy atom. The van der Waals surface area contributed by atoms with E-state index in [0.29, 0.717) is 5.88 Å². The van der Waals surface area contributed by atoms with E-state index >= 15 is 0 Å². The fourth-order valence-corrected chi connectivity index (χ4v) is 2.79. The minimum atomic E-state index is -3.50. The van der Waals surface area contributed by atoms with Crippen LogP contribution in [0.4, 0.5) is 0 Å². The maximum atomic E-state index is 12.2. The quantitative estimate of drug-likeness (QED) is 0.775. The van der Waals surface area contributed by atoms with E-state index in [4.69, 9.17) is 11.6 Å². The summed E-state index contributed by atoms with van der Waals surface area (Å²) < 4.78 is 25.7. The van der Waals surface area contributed by atoms with Crippen molar-refractivity contribution < 1.29 is 8.42 Å². The Kier molecular flexibility index (Phi) is 4.91. The first kappa shape index (κ1) is 14.4.